The zero-order valence-corrected chi connectivity index (χ0v) is 11.4. The van der Waals surface area contributed by atoms with Gasteiger partial charge in [0.1, 0.15) is 0 Å². The first kappa shape index (κ1) is 14.0. The lowest BCUT2D eigenvalue weighted by molar-refractivity contribution is -0.122. The minimum absolute atomic E-state index is 0.137. The number of benzene rings is 1. The summed E-state index contributed by atoms with van der Waals surface area (Å²) in [5, 5.41) is 6.34. The molecule has 4 heteroatoms. The van der Waals surface area contributed by atoms with E-state index >= 15 is 0 Å². The van der Waals surface area contributed by atoms with Gasteiger partial charge in [-0.25, -0.2) is 0 Å². The molecule has 1 aromatic rings. The van der Waals surface area contributed by atoms with Crippen LogP contribution in [0.25, 0.3) is 0 Å². The maximum Gasteiger partial charge on any atom is 0.234 e. The molecule has 104 valence electrons. The van der Waals surface area contributed by atoms with Crippen LogP contribution >= 0.6 is 0 Å². The van der Waals surface area contributed by atoms with Crippen LogP contribution in [0.1, 0.15) is 12.0 Å². The summed E-state index contributed by atoms with van der Waals surface area (Å²) in [7, 11) is 0. The SMILES string of the molecule is O=C(CN1CCCNCC1)NCCc1ccccc1. The van der Waals surface area contributed by atoms with Crippen molar-refractivity contribution >= 4 is 5.91 Å². The van der Waals surface area contributed by atoms with Gasteiger partial charge < -0.3 is 10.6 Å². The first-order chi connectivity index (χ1) is 9.34. The number of carbonyl (C=O) groups excluding carboxylic acids is 1. The van der Waals surface area contributed by atoms with Gasteiger partial charge in [0, 0.05) is 19.6 Å². The third kappa shape index (κ3) is 5.41. The average Bonchev–Trinajstić information content (AvgIpc) is 2.68. The number of carbonyl (C=O) groups is 1. The van der Waals surface area contributed by atoms with Crippen molar-refractivity contribution in [1.29, 1.82) is 0 Å². The summed E-state index contributed by atoms with van der Waals surface area (Å²) in [6.45, 7) is 5.26. The molecule has 1 amide bonds. The zero-order valence-electron chi connectivity index (χ0n) is 11.4. The highest BCUT2D eigenvalue weighted by atomic mass is 16.2. The van der Waals surface area contributed by atoms with Crippen molar-refractivity contribution in [3.05, 3.63) is 35.9 Å². The summed E-state index contributed by atoms with van der Waals surface area (Å²) >= 11 is 0. The third-order valence-electron chi connectivity index (χ3n) is 3.38. The van der Waals surface area contributed by atoms with E-state index < -0.39 is 0 Å². The second kappa shape index (κ2) is 7.92. The molecule has 0 aliphatic carbocycles. The largest absolute Gasteiger partial charge is 0.355 e. The molecule has 1 aliphatic rings. The van der Waals surface area contributed by atoms with Gasteiger partial charge in [0.15, 0.2) is 0 Å². The van der Waals surface area contributed by atoms with E-state index in [4.69, 9.17) is 0 Å². The molecule has 1 saturated heterocycles. The third-order valence-corrected chi connectivity index (χ3v) is 3.38. The summed E-state index contributed by atoms with van der Waals surface area (Å²) in [5.74, 6) is 0.137. The summed E-state index contributed by atoms with van der Waals surface area (Å²) in [4.78, 5) is 14.1. The minimum atomic E-state index is 0.137. The molecule has 2 N–H and O–H groups in total. The fourth-order valence-electron chi connectivity index (χ4n) is 2.31. The van der Waals surface area contributed by atoms with Crippen LogP contribution in [-0.2, 0) is 11.2 Å². The highest BCUT2D eigenvalue weighted by Crippen LogP contribution is 1.98. The number of nitrogens with zero attached hydrogens (tertiary/aromatic N) is 1. The van der Waals surface area contributed by atoms with E-state index in [0.29, 0.717) is 6.54 Å². The minimum Gasteiger partial charge on any atom is -0.355 e. The Bertz CT molecular complexity index is 372. The molecule has 4 nitrogen and oxygen atoms in total. The van der Waals surface area contributed by atoms with Crippen LogP contribution < -0.4 is 10.6 Å². The van der Waals surface area contributed by atoms with E-state index in [2.05, 4.69) is 27.7 Å². The van der Waals surface area contributed by atoms with Crippen molar-refractivity contribution in [1.82, 2.24) is 15.5 Å². The maximum atomic E-state index is 11.8. The highest BCUT2D eigenvalue weighted by Gasteiger charge is 2.11. The van der Waals surface area contributed by atoms with Gasteiger partial charge in [-0.05, 0) is 31.5 Å². The molecule has 1 aromatic carbocycles. The van der Waals surface area contributed by atoms with Crippen molar-refractivity contribution in [3.63, 3.8) is 0 Å². The molecule has 0 unspecified atom stereocenters. The summed E-state index contributed by atoms with van der Waals surface area (Å²) in [6.07, 6.45) is 2.02. The van der Waals surface area contributed by atoms with Crippen LogP contribution in [0.3, 0.4) is 0 Å². The second-order valence-corrected chi connectivity index (χ2v) is 4.97. The molecule has 0 bridgehead atoms. The summed E-state index contributed by atoms with van der Waals surface area (Å²) in [5.41, 5.74) is 1.27. The van der Waals surface area contributed by atoms with Gasteiger partial charge in [-0.3, -0.25) is 9.69 Å². The topological polar surface area (TPSA) is 44.4 Å². The van der Waals surface area contributed by atoms with E-state index in [9.17, 15) is 4.79 Å². The lowest BCUT2D eigenvalue weighted by atomic mass is 10.1. The van der Waals surface area contributed by atoms with E-state index in [1.54, 1.807) is 0 Å². The van der Waals surface area contributed by atoms with Crippen molar-refractivity contribution < 1.29 is 4.79 Å². The van der Waals surface area contributed by atoms with Crippen molar-refractivity contribution in [3.8, 4) is 0 Å². The molecule has 0 spiro atoms. The smallest absolute Gasteiger partial charge is 0.234 e. The Hall–Kier alpha value is -1.39. The fourth-order valence-corrected chi connectivity index (χ4v) is 2.31. The standard InChI is InChI=1S/C15H23N3O/c19-15(13-18-11-4-8-16-10-12-18)17-9-7-14-5-2-1-3-6-14/h1-3,5-6,16H,4,7-13H2,(H,17,19). The highest BCUT2D eigenvalue weighted by molar-refractivity contribution is 5.78. The lowest BCUT2D eigenvalue weighted by Crippen LogP contribution is -2.39. The Labute approximate surface area is 115 Å². The number of hydrogen-bond acceptors (Lipinski definition) is 3. The molecule has 0 atom stereocenters. The second-order valence-electron chi connectivity index (χ2n) is 4.97. The molecule has 1 aliphatic heterocycles. The Kier molecular flexibility index (Phi) is 5.85. The van der Waals surface area contributed by atoms with Crippen LogP contribution in [0.15, 0.2) is 30.3 Å². The molecule has 0 radical (unpaired) electrons. The van der Waals surface area contributed by atoms with Crippen molar-refractivity contribution in [2.75, 3.05) is 39.3 Å². The van der Waals surface area contributed by atoms with Gasteiger partial charge in [0.05, 0.1) is 6.54 Å². The van der Waals surface area contributed by atoms with Crippen LogP contribution in [0.2, 0.25) is 0 Å². The zero-order chi connectivity index (χ0) is 13.3. The molecule has 1 fully saturated rings. The molecule has 0 aromatic heterocycles. The average molecular weight is 261 g/mol. The number of nitrogens with one attached hydrogen (secondary N) is 2. The monoisotopic (exact) mass is 261 g/mol. The van der Waals surface area contributed by atoms with Crippen molar-refractivity contribution in [2.24, 2.45) is 0 Å². The first-order valence-electron chi connectivity index (χ1n) is 7.08. The first-order valence-corrected chi connectivity index (χ1v) is 7.08. The summed E-state index contributed by atoms with van der Waals surface area (Å²) < 4.78 is 0. The van der Waals surface area contributed by atoms with Gasteiger partial charge in [-0.1, -0.05) is 30.3 Å². The maximum absolute atomic E-state index is 11.8. The van der Waals surface area contributed by atoms with Crippen LogP contribution in [-0.4, -0.2) is 50.1 Å². The quantitative estimate of drug-likeness (QED) is 0.817. The number of rotatable bonds is 5. The molecule has 1 heterocycles. The number of amides is 1. The Morgan fingerprint density at radius 1 is 1.21 bits per heavy atom. The van der Waals surface area contributed by atoms with E-state index in [1.165, 1.54) is 5.56 Å². The Morgan fingerprint density at radius 3 is 2.89 bits per heavy atom. The van der Waals surface area contributed by atoms with Gasteiger partial charge in [-0.15, -0.1) is 0 Å². The van der Waals surface area contributed by atoms with Gasteiger partial charge in [0.2, 0.25) is 5.91 Å². The lowest BCUT2D eigenvalue weighted by Gasteiger charge is -2.18. The van der Waals surface area contributed by atoms with Gasteiger partial charge in [0.25, 0.3) is 0 Å². The van der Waals surface area contributed by atoms with Crippen molar-refractivity contribution in [2.45, 2.75) is 12.8 Å². The van der Waals surface area contributed by atoms with E-state index in [1.807, 2.05) is 18.2 Å². The predicted molar refractivity (Wildman–Crippen MR) is 77.1 cm³/mol. The van der Waals surface area contributed by atoms with Crippen LogP contribution in [0.4, 0.5) is 0 Å². The molecule has 2 rings (SSSR count). The molecular formula is C15H23N3O. The van der Waals surface area contributed by atoms with Crippen LogP contribution in [0, 0.1) is 0 Å². The Balaban J connectivity index is 1.64. The molecular weight excluding hydrogens is 238 g/mol. The Morgan fingerprint density at radius 2 is 2.05 bits per heavy atom. The normalized spacial score (nSPS) is 16.8. The summed E-state index contributed by atoms with van der Waals surface area (Å²) in [6, 6.07) is 10.2. The van der Waals surface area contributed by atoms with Gasteiger partial charge in [-0.2, -0.15) is 0 Å². The molecule has 0 saturated carbocycles. The van der Waals surface area contributed by atoms with Gasteiger partial charge >= 0.3 is 0 Å². The predicted octanol–water partition coefficient (Wildman–Crippen LogP) is 0.641. The number of hydrogen-bond donors (Lipinski definition) is 2. The fraction of sp³-hybridized carbons (Fsp3) is 0.533. The van der Waals surface area contributed by atoms with Crippen LogP contribution in [0.5, 0.6) is 0 Å². The van der Waals surface area contributed by atoms with E-state index in [-0.39, 0.29) is 5.91 Å². The van der Waals surface area contributed by atoms with E-state index in [0.717, 1.165) is 45.6 Å². The molecule has 19 heavy (non-hydrogen) atoms.